The molecule has 1 heterocycles. The number of esters is 2. The summed E-state index contributed by atoms with van der Waals surface area (Å²) in [7, 11) is 3.00. The molecule has 1 fully saturated rings. The second kappa shape index (κ2) is 7.42. The number of ether oxygens (including phenoxy) is 5. The number of hydrogen-bond acceptors (Lipinski definition) is 7. The molecule has 4 atom stereocenters. The molecule has 1 saturated heterocycles. The van der Waals surface area contributed by atoms with Gasteiger partial charge in [-0.3, -0.25) is 9.59 Å². The van der Waals surface area contributed by atoms with Crippen molar-refractivity contribution in [2.45, 2.75) is 38.3 Å². The molecule has 1 rings (SSSR count). The fourth-order valence-corrected chi connectivity index (χ4v) is 2.06. The summed E-state index contributed by atoms with van der Waals surface area (Å²) in [5.74, 6) is -0.807. The van der Waals surface area contributed by atoms with Gasteiger partial charge in [-0.2, -0.15) is 0 Å². The van der Waals surface area contributed by atoms with Crippen LogP contribution >= 0.6 is 0 Å². The van der Waals surface area contributed by atoms with Crippen LogP contribution in [0.15, 0.2) is 0 Å². The maximum atomic E-state index is 11.0. The molecule has 19 heavy (non-hydrogen) atoms. The summed E-state index contributed by atoms with van der Waals surface area (Å²) in [4.78, 5) is 21.8. The normalized spacial score (nSPS) is 30.7. The second-order valence-corrected chi connectivity index (χ2v) is 4.22. The lowest BCUT2D eigenvalue weighted by molar-refractivity contribution is -0.224. The Morgan fingerprint density at radius 3 is 2.21 bits per heavy atom. The van der Waals surface area contributed by atoms with Crippen molar-refractivity contribution in [2.75, 3.05) is 27.4 Å². The summed E-state index contributed by atoms with van der Waals surface area (Å²) in [6.45, 7) is 2.88. The van der Waals surface area contributed by atoms with Gasteiger partial charge in [0.1, 0.15) is 24.9 Å². The fourth-order valence-electron chi connectivity index (χ4n) is 2.06. The molecule has 0 aliphatic carbocycles. The molecule has 0 bridgehead atoms. The van der Waals surface area contributed by atoms with Crippen LogP contribution < -0.4 is 0 Å². The van der Waals surface area contributed by atoms with Crippen LogP contribution in [0, 0.1) is 0 Å². The molecule has 0 radical (unpaired) electrons. The summed E-state index contributed by atoms with van der Waals surface area (Å²) in [6.07, 6.45) is -1.95. The van der Waals surface area contributed by atoms with Crippen LogP contribution in [0.5, 0.6) is 0 Å². The molecule has 110 valence electrons. The van der Waals surface area contributed by atoms with E-state index in [9.17, 15) is 9.59 Å². The Hall–Kier alpha value is -1.18. The lowest BCUT2D eigenvalue weighted by Crippen LogP contribution is -2.57. The van der Waals surface area contributed by atoms with Crippen molar-refractivity contribution >= 4 is 11.9 Å². The van der Waals surface area contributed by atoms with Crippen molar-refractivity contribution in [2.24, 2.45) is 0 Å². The first-order valence-electron chi connectivity index (χ1n) is 5.97. The van der Waals surface area contributed by atoms with Crippen LogP contribution in [0.1, 0.15) is 13.8 Å². The molecule has 7 heteroatoms. The number of methoxy groups -OCH3 is 2. The number of rotatable bonds is 5. The van der Waals surface area contributed by atoms with Gasteiger partial charge in [-0.1, -0.05) is 0 Å². The first kappa shape index (κ1) is 15.9. The molecule has 1 aliphatic rings. The molecule has 0 aromatic heterocycles. The zero-order chi connectivity index (χ0) is 14.4. The van der Waals surface area contributed by atoms with E-state index in [4.69, 9.17) is 23.7 Å². The van der Waals surface area contributed by atoms with Crippen molar-refractivity contribution < 1.29 is 33.3 Å². The monoisotopic (exact) mass is 276 g/mol. The van der Waals surface area contributed by atoms with Crippen molar-refractivity contribution in [3.63, 3.8) is 0 Å². The first-order valence-corrected chi connectivity index (χ1v) is 5.97. The topological polar surface area (TPSA) is 80.3 Å². The summed E-state index contributed by atoms with van der Waals surface area (Å²) < 4.78 is 26.2. The third-order valence-corrected chi connectivity index (χ3v) is 2.84. The quantitative estimate of drug-likeness (QED) is 0.649. The van der Waals surface area contributed by atoms with Gasteiger partial charge in [0.15, 0.2) is 6.10 Å². The Kier molecular flexibility index (Phi) is 6.20. The maximum Gasteiger partial charge on any atom is 0.303 e. The minimum absolute atomic E-state index is 0.0699. The summed E-state index contributed by atoms with van der Waals surface area (Å²) >= 11 is 0. The van der Waals surface area contributed by atoms with Crippen LogP contribution in [0.25, 0.3) is 0 Å². The number of carbonyl (C=O) groups is 2. The Labute approximate surface area is 112 Å². The van der Waals surface area contributed by atoms with Crippen LogP contribution in [0.4, 0.5) is 0 Å². The molecular weight excluding hydrogens is 256 g/mol. The van der Waals surface area contributed by atoms with E-state index < -0.39 is 36.4 Å². The first-order chi connectivity index (χ1) is 8.99. The largest absolute Gasteiger partial charge is 0.463 e. The molecule has 0 spiro atoms. The minimum Gasteiger partial charge on any atom is -0.463 e. The average Bonchev–Trinajstić information content (AvgIpc) is 2.35. The Morgan fingerprint density at radius 2 is 1.74 bits per heavy atom. The second-order valence-electron chi connectivity index (χ2n) is 4.22. The van der Waals surface area contributed by atoms with Gasteiger partial charge >= 0.3 is 11.9 Å². The van der Waals surface area contributed by atoms with Crippen LogP contribution in [-0.4, -0.2) is 63.8 Å². The molecule has 0 saturated carbocycles. The molecule has 0 unspecified atom stereocenters. The highest BCUT2D eigenvalue weighted by molar-refractivity contribution is 5.66. The molecule has 0 aromatic carbocycles. The smallest absolute Gasteiger partial charge is 0.303 e. The van der Waals surface area contributed by atoms with Gasteiger partial charge in [0.25, 0.3) is 0 Å². The highest BCUT2D eigenvalue weighted by Gasteiger charge is 2.43. The van der Waals surface area contributed by atoms with Crippen molar-refractivity contribution in [1.29, 1.82) is 0 Å². The van der Waals surface area contributed by atoms with Crippen molar-refractivity contribution in [3.05, 3.63) is 0 Å². The van der Waals surface area contributed by atoms with Gasteiger partial charge in [-0.05, 0) is 0 Å². The predicted octanol–water partition coefficient (Wildman–Crippen LogP) is -0.0900. The minimum atomic E-state index is -0.541. The van der Waals surface area contributed by atoms with Gasteiger partial charge in [-0.15, -0.1) is 0 Å². The van der Waals surface area contributed by atoms with Crippen molar-refractivity contribution in [3.8, 4) is 0 Å². The summed E-state index contributed by atoms with van der Waals surface area (Å²) in [6, 6.07) is 0. The van der Waals surface area contributed by atoms with Crippen LogP contribution in [0.3, 0.4) is 0 Å². The molecule has 1 aliphatic heterocycles. The van der Waals surface area contributed by atoms with E-state index in [2.05, 4.69) is 0 Å². The van der Waals surface area contributed by atoms with Crippen LogP contribution in [-0.2, 0) is 33.3 Å². The zero-order valence-electron chi connectivity index (χ0n) is 11.6. The maximum absolute atomic E-state index is 11.0. The van der Waals surface area contributed by atoms with Gasteiger partial charge < -0.3 is 23.7 Å². The van der Waals surface area contributed by atoms with E-state index in [0.29, 0.717) is 0 Å². The van der Waals surface area contributed by atoms with Crippen molar-refractivity contribution in [1.82, 2.24) is 0 Å². The van der Waals surface area contributed by atoms with E-state index >= 15 is 0 Å². The Bertz CT molecular complexity index is 317. The summed E-state index contributed by atoms with van der Waals surface area (Å²) in [5.41, 5.74) is 0. The summed E-state index contributed by atoms with van der Waals surface area (Å²) in [5, 5.41) is 0. The van der Waals surface area contributed by atoms with Gasteiger partial charge in [0.05, 0.1) is 6.61 Å². The Morgan fingerprint density at radius 1 is 1.11 bits per heavy atom. The molecule has 0 aromatic rings. The number of carbonyl (C=O) groups excluding carboxylic acids is 2. The predicted molar refractivity (Wildman–Crippen MR) is 63.5 cm³/mol. The molecule has 0 N–H and O–H groups in total. The van der Waals surface area contributed by atoms with E-state index in [1.807, 2.05) is 0 Å². The molecular formula is C12H20O7. The van der Waals surface area contributed by atoms with Gasteiger partial charge in [-0.25, -0.2) is 0 Å². The van der Waals surface area contributed by atoms with E-state index in [1.165, 1.54) is 28.1 Å². The van der Waals surface area contributed by atoms with Gasteiger partial charge in [0.2, 0.25) is 0 Å². The third-order valence-electron chi connectivity index (χ3n) is 2.84. The number of hydrogen-bond donors (Lipinski definition) is 0. The standard InChI is InChI=1S/C12H20O7/c1-7(13)17-5-9-11(15-3)12(16-4)10(6-18-9)19-8(2)14/h9-12H,5-6H2,1-4H3/t9-,10+,11-,12+/m0/s1. The molecule has 7 nitrogen and oxygen atoms in total. The average molecular weight is 276 g/mol. The highest BCUT2D eigenvalue weighted by Crippen LogP contribution is 2.23. The Balaban J connectivity index is 2.69. The SMILES string of the molecule is CO[C@@H]1[C@H](OC)[C@H](OC(C)=O)CO[C@H]1COC(C)=O. The third kappa shape index (κ3) is 4.45. The highest BCUT2D eigenvalue weighted by atomic mass is 16.6. The lowest BCUT2D eigenvalue weighted by atomic mass is 10.00. The van der Waals surface area contributed by atoms with E-state index in [0.717, 1.165) is 0 Å². The van der Waals surface area contributed by atoms with Gasteiger partial charge in [0, 0.05) is 28.1 Å². The lowest BCUT2D eigenvalue weighted by Gasteiger charge is -2.40. The zero-order valence-corrected chi connectivity index (χ0v) is 11.6. The fraction of sp³-hybridized carbons (Fsp3) is 0.833. The van der Waals surface area contributed by atoms with Crippen LogP contribution in [0.2, 0.25) is 0 Å². The van der Waals surface area contributed by atoms with E-state index in [1.54, 1.807) is 0 Å². The molecule has 0 amide bonds. The van der Waals surface area contributed by atoms with E-state index in [-0.39, 0.29) is 13.2 Å².